The van der Waals surface area contributed by atoms with E-state index in [1.54, 1.807) is 13.2 Å². The zero-order chi connectivity index (χ0) is 14.8. The Morgan fingerprint density at radius 3 is 2.81 bits per heavy atom. The predicted molar refractivity (Wildman–Crippen MR) is 82.4 cm³/mol. The van der Waals surface area contributed by atoms with Crippen molar-refractivity contribution in [3.8, 4) is 28.4 Å². The molecule has 1 unspecified atom stereocenters. The smallest absolute Gasteiger partial charge is 0.184 e. The van der Waals surface area contributed by atoms with Gasteiger partial charge in [-0.2, -0.15) is 0 Å². The molecule has 1 aliphatic rings. The molecule has 4 nitrogen and oxygen atoms in total. The number of hydrogen-bond acceptors (Lipinski definition) is 4. The van der Waals surface area contributed by atoms with Gasteiger partial charge in [-0.05, 0) is 19.2 Å². The van der Waals surface area contributed by atoms with Crippen molar-refractivity contribution in [1.82, 2.24) is 5.32 Å². The van der Waals surface area contributed by atoms with Crippen LogP contribution >= 0.6 is 11.6 Å². The lowest BCUT2D eigenvalue weighted by molar-refractivity contribution is 0.0733. The van der Waals surface area contributed by atoms with Gasteiger partial charge in [0.2, 0.25) is 0 Å². The fourth-order valence-corrected chi connectivity index (χ4v) is 2.56. The van der Waals surface area contributed by atoms with E-state index < -0.39 is 0 Å². The van der Waals surface area contributed by atoms with E-state index in [0.717, 1.165) is 16.9 Å². The Morgan fingerprint density at radius 1 is 1.24 bits per heavy atom. The van der Waals surface area contributed by atoms with Gasteiger partial charge in [0.25, 0.3) is 0 Å². The number of halogens is 1. The van der Waals surface area contributed by atoms with Crippen molar-refractivity contribution in [2.24, 2.45) is 0 Å². The molecule has 0 spiro atoms. The van der Waals surface area contributed by atoms with Gasteiger partial charge in [-0.15, -0.1) is 0 Å². The Labute approximate surface area is 128 Å². The minimum atomic E-state index is -0.188. The maximum atomic E-state index is 6.21. The zero-order valence-corrected chi connectivity index (χ0v) is 12.6. The summed E-state index contributed by atoms with van der Waals surface area (Å²) in [5.41, 5.74) is 1.77. The van der Waals surface area contributed by atoms with Crippen LogP contribution in [0.4, 0.5) is 0 Å². The van der Waals surface area contributed by atoms with E-state index in [9.17, 15) is 0 Å². The van der Waals surface area contributed by atoms with Crippen LogP contribution in [0.2, 0.25) is 5.02 Å². The summed E-state index contributed by atoms with van der Waals surface area (Å²) in [6, 6.07) is 11.4. The first-order chi connectivity index (χ1) is 10.2. The van der Waals surface area contributed by atoms with Gasteiger partial charge in [0.15, 0.2) is 17.7 Å². The second kappa shape index (κ2) is 5.84. The Balaban J connectivity index is 2.16. The molecule has 0 radical (unpaired) electrons. The Kier molecular flexibility index (Phi) is 3.90. The van der Waals surface area contributed by atoms with E-state index in [4.69, 9.17) is 25.8 Å². The fraction of sp³-hybridized carbons (Fsp3) is 0.250. The molecule has 0 fully saturated rings. The number of fused-ring (bicyclic) bond motifs is 1. The van der Waals surface area contributed by atoms with Crippen LogP contribution in [0, 0.1) is 0 Å². The molecule has 0 saturated carbocycles. The second-order valence-corrected chi connectivity index (χ2v) is 5.12. The largest absolute Gasteiger partial charge is 0.496 e. The summed E-state index contributed by atoms with van der Waals surface area (Å²) >= 11 is 6.21. The van der Waals surface area contributed by atoms with Gasteiger partial charge < -0.3 is 14.2 Å². The first kappa shape index (κ1) is 14.0. The van der Waals surface area contributed by atoms with Crippen molar-refractivity contribution in [2.75, 3.05) is 20.8 Å². The van der Waals surface area contributed by atoms with Gasteiger partial charge in [0.1, 0.15) is 12.4 Å². The van der Waals surface area contributed by atoms with E-state index in [1.165, 1.54) is 0 Å². The summed E-state index contributed by atoms with van der Waals surface area (Å²) in [6.07, 6.45) is -0.188. The molecule has 0 aromatic heterocycles. The predicted octanol–water partition coefficient (Wildman–Crippen LogP) is 3.33. The average Bonchev–Trinajstić information content (AvgIpc) is 2.53. The molecule has 3 rings (SSSR count). The summed E-state index contributed by atoms with van der Waals surface area (Å²) in [5, 5.41) is 3.65. The maximum absolute atomic E-state index is 6.21. The van der Waals surface area contributed by atoms with E-state index in [0.29, 0.717) is 23.1 Å². The molecule has 2 aromatic carbocycles. The lowest BCUT2D eigenvalue weighted by Crippen LogP contribution is -2.39. The van der Waals surface area contributed by atoms with Crippen LogP contribution in [-0.4, -0.2) is 27.0 Å². The highest BCUT2D eigenvalue weighted by Gasteiger charge is 2.25. The van der Waals surface area contributed by atoms with Crippen molar-refractivity contribution < 1.29 is 14.2 Å². The molecular formula is C16H16ClNO3. The number of nitrogens with one attached hydrogen (secondary N) is 1. The monoisotopic (exact) mass is 305 g/mol. The number of para-hydroxylation sites is 1. The molecule has 0 aliphatic carbocycles. The van der Waals surface area contributed by atoms with Crippen molar-refractivity contribution in [3.63, 3.8) is 0 Å². The second-order valence-electron chi connectivity index (χ2n) is 4.69. The Hall–Kier alpha value is -1.91. The lowest BCUT2D eigenvalue weighted by atomic mass is 10.0. The lowest BCUT2D eigenvalue weighted by Gasteiger charge is -2.28. The van der Waals surface area contributed by atoms with E-state index >= 15 is 0 Å². The molecule has 0 bridgehead atoms. The van der Waals surface area contributed by atoms with Crippen molar-refractivity contribution in [2.45, 2.75) is 6.23 Å². The molecule has 1 atom stereocenters. The number of likely N-dealkylation sites (N-methyl/N-ethyl adjacent to an activating group) is 1. The van der Waals surface area contributed by atoms with E-state index in [-0.39, 0.29) is 6.23 Å². The topological polar surface area (TPSA) is 39.7 Å². The number of hydrogen-bond donors (Lipinski definition) is 1. The van der Waals surface area contributed by atoms with E-state index in [2.05, 4.69) is 5.32 Å². The van der Waals surface area contributed by atoms with Gasteiger partial charge in [-0.1, -0.05) is 29.8 Å². The zero-order valence-electron chi connectivity index (χ0n) is 11.9. The maximum Gasteiger partial charge on any atom is 0.184 e. The molecular weight excluding hydrogens is 290 g/mol. The molecule has 1 heterocycles. The van der Waals surface area contributed by atoms with Crippen LogP contribution in [0.3, 0.4) is 0 Å². The quantitative estimate of drug-likeness (QED) is 0.944. The third-order valence-corrected chi connectivity index (χ3v) is 3.61. The summed E-state index contributed by atoms with van der Waals surface area (Å²) in [5.74, 6) is 2.08. The number of methoxy groups -OCH3 is 1. The van der Waals surface area contributed by atoms with Crippen molar-refractivity contribution in [3.05, 3.63) is 41.4 Å². The SMILES string of the molecule is CNC1COc2cc(Cl)cc(-c3ccccc3OC)c2O1. The van der Waals surface area contributed by atoms with Gasteiger partial charge in [0.05, 0.1) is 7.11 Å². The molecule has 0 saturated heterocycles. The third-order valence-electron chi connectivity index (χ3n) is 3.39. The van der Waals surface area contributed by atoms with Crippen LogP contribution in [0.15, 0.2) is 36.4 Å². The van der Waals surface area contributed by atoms with Crippen LogP contribution in [0.25, 0.3) is 11.1 Å². The summed E-state index contributed by atoms with van der Waals surface area (Å²) < 4.78 is 17.1. The van der Waals surface area contributed by atoms with Gasteiger partial charge in [-0.3, -0.25) is 5.32 Å². The number of ether oxygens (including phenoxy) is 3. The molecule has 0 amide bonds. The fourth-order valence-electron chi connectivity index (χ4n) is 2.35. The molecule has 2 aromatic rings. The Morgan fingerprint density at radius 2 is 2.05 bits per heavy atom. The molecule has 21 heavy (non-hydrogen) atoms. The van der Waals surface area contributed by atoms with Crippen LogP contribution in [0.1, 0.15) is 0 Å². The van der Waals surface area contributed by atoms with Gasteiger partial charge >= 0.3 is 0 Å². The number of rotatable bonds is 3. The molecule has 110 valence electrons. The van der Waals surface area contributed by atoms with E-state index in [1.807, 2.05) is 37.4 Å². The average molecular weight is 306 g/mol. The standard InChI is InChI=1S/C16H16ClNO3/c1-18-15-9-20-14-8-10(17)7-12(16(14)21-15)11-5-3-4-6-13(11)19-2/h3-8,15,18H,9H2,1-2H3. The van der Waals surface area contributed by atoms with Gasteiger partial charge in [-0.25, -0.2) is 0 Å². The molecule has 5 heteroatoms. The number of benzene rings is 2. The Bertz CT molecular complexity index is 660. The highest BCUT2D eigenvalue weighted by atomic mass is 35.5. The van der Waals surface area contributed by atoms with Crippen LogP contribution < -0.4 is 19.5 Å². The highest BCUT2D eigenvalue weighted by molar-refractivity contribution is 6.31. The normalized spacial score (nSPS) is 16.6. The first-order valence-electron chi connectivity index (χ1n) is 6.66. The van der Waals surface area contributed by atoms with Crippen molar-refractivity contribution in [1.29, 1.82) is 0 Å². The van der Waals surface area contributed by atoms with Crippen LogP contribution in [0.5, 0.6) is 17.2 Å². The van der Waals surface area contributed by atoms with Crippen molar-refractivity contribution >= 4 is 11.6 Å². The minimum Gasteiger partial charge on any atom is -0.496 e. The van der Waals surface area contributed by atoms with Gasteiger partial charge in [0, 0.05) is 22.2 Å². The summed E-state index contributed by atoms with van der Waals surface area (Å²) in [6.45, 7) is 0.440. The highest BCUT2D eigenvalue weighted by Crippen LogP contribution is 2.45. The molecule has 1 N–H and O–H groups in total. The third kappa shape index (κ3) is 2.64. The minimum absolute atomic E-state index is 0.188. The first-order valence-corrected chi connectivity index (χ1v) is 7.04. The summed E-state index contributed by atoms with van der Waals surface area (Å²) in [4.78, 5) is 0. The summed E-state index contributed by atoms with van der Waals surface area (Å²) in [7, 11) is 3.47. The van der Waals surface area contributed by atoms with Crippen LogP contribution in [-0.2, 0) is 0 Å². The molecule has 1 aliphatic heterocycles.